The van der Waals surface area contributed by atoms with Crippen LogP contribution in [-0.2, 0) is 17.8 Å². The van der Waals surface area contributed by atoms with Gasteiger partial charge in [-0.15, -0.1) is 0 Å². The zero-order valence-corrected chi connectivity index (χ0v) is 15.7. The summed E-state index contributed by atoms with van der Waals surface area (Å²) < 4.78 is 0. The minimum atomic E-state index is -0.159. The zero-order chi connectivity index (χ0) is 19.3. The van der Waals surface area contributed by atoms with Gasteiger partial charge in [-0.3, -0.25) is 14.5 Å². The van der Waals surface area contributed by atoms with Crippen LogP contribution in [0, 0.1) is 0 Å². The lowest BCUT2D eigenvalue weighted by molar-refractivity contribution is -0.121. The van der Waals surface area contributed by atoms with Gasteiger partial charge in [0.1, 0.15) is 5.82 Å². The Kier molecular flexibility index (Phi) is 5.48. The molecule has 1 aliphatic heterocycles. The molecule has 1 fully saturated rings. The number of H-pyrrole nitrogens is 1. The summed E-state index contributed by atoms with van der Waals surface area (Å²) in [6.07, 6.45) is 1.70. The van der Waals surface area contributed by atoms with E-state index in [1.54, 1.807) is 6.07 Å². The van der Waals surface area contributed by atoms with Crippen LogP contribution in [0.1, 0.15) is 24.2 Å². The Morgan fingerprint density at radius 3 is 2.79 bits per heavy atom. The fourth-order valence-electron chi connectivity index (χ4n) is 3.72. The van der Waals surface area contributed by atoms with Crippen LogP contribution in [-0.4, -0.2) is 39.9 Å². The van der Waals surface area contributed by atoms with Crippen molar-refractivity contribution in [3.05, 3.63) is 76.3 Å². The summed E-state index contributed by atoms with van der Waals surface area (Å²) in [6.45, 7) is 2.76. The van der Waals surface area contributed by atoms with E-state index in [9.17, 15) is 9.59 Å². The number of nitrogens with zero attached hydrogens (tertiary/aromatic N) is 2. The summed E-state index contributed by atoms with van der Waals surface area (Å²) in [5.74, 6) is 0.554. The largest absolute Gasteiger partial charge is 0.352 e. The van der Waals surface area contributed by atoms with Crippen molar-refractivity contribution in [3.63, 3.8) is 0 Å². The summed E-state index contributed by atoms with van der Waals surface area (Å²) in [5, 5.41) is 3.69. The number of hydrogen-bond acceptors (Lipinski definition) is 4. The van der Waals surface area contributed by atoms with Crippen molar-refractivity contribution in [1.82, 2.24) is 20.2 Å². The number of carbonyl (C=O) groups excluding carboxylic acids is 1. The van der Waals surface area contributed by atoms with Gasteiger partial charge < -0.3 is 10.3 Å². The predicted octanol–water partition coefficient (Wildman–Crippen LogP) is 2.25. The minimum absolute atomic E-state index is 0.00219. The van der Waals surface area contributed by atoms with Gasteiger partial charge in [0.15, 0.2) is 0 Å². The molecule has 0 radical (unpaired) electrons. The van der Waals surface area contributed by atoms with E-state index in [0.29, 0.717) is 29.6 Å². The Morgan fingerprint density at radius 1 is 1.14 bits per heavy atom. The molecule has 1 unspecified atom stereocenters. The van der Waals surface area contributed by atoms with Crippen molar-refractivity contribution in [2.75, 3.05) is 13.1 Å². The molecule has 28 heavy (non-hydrogen) atoms. The maximum absolute atomic E-state index is 12.3. The number of carbonyl (C=O) groups is 1. The Morgan fingerprint density at radius 2 is 1.93 bits per heavy atom. The molecule has 4 rings (SSSR count). The van der Waals surface area contributed by atoms with Gasteiger partial charge in [0.05, 0.1) is 10.9 Å². The minimum Gasteiger partial charge on any atom is -0.352 e. The number of para-hydroxylation sites is 1. The standard InChI is InChI=1S/C22H24N4O2/c27-21(11-10-20-24-19-9-5-4-8-18(19)22(28)25-20)23-17-12-13-26(15-17)14-16-6-2-1-3-7-16/h1-9,17H,10-15H2,(H,23,27)(H,24,25,28). The van der Waals surface area contributed by atoms with Crippen LogP contribution in [0.5, 0.6) is 0 Å². The van der Waals surface area contributed by atoms with Gasteiger partial charge in [-0.1, -0.05) is 42.5 Å². The third-order valence-corrected chi connectivity index (χ3v) is 5.14. The molecule has 1 atom stereocenters. The van der Waals surface area contributed by atoms with E-state index in [1.807, 2.05) is 24.3 Å². The molecule has 6 nitrogen and oxygen atoms in total. The second kappa shape index (κ2) is 8.35. The molecule has 1 aromatic heterocycles. The molecule has 2 aromatic carbocycles. The second-order valence-corrected chi connectivity index (χ2v) is 7.30. The van der Waals surface area contributed by atoms with E-state index in [0.717, 1.165) is 26.1 Å². The first-order chi connectivity index (χ1) is 13.7. The van der Waals surface area contributed by atoms with Crippen LogP contribution in [0.15, 0.2) is 59.4 Å². The predicted molar refractivity (Wildman–Crippen MR) is 109 cm³/mol. The van der Waals surface area contributed by atoms with Crippen molar-refractivity contribution >= 4 is 16.8 Å². The number of hydrogen-bond donors (Lipinski definition) is 2. The molecule has 144 valence electrons. The zero-order valence-electron chi connectivity index (χ0n) is 15.7. The van der Waals surface area contributed by atoms with E-state index in [-0.39, 0.29) is 17.5 Å². The highest BCUT2D eigenvalue weighted by atomic mass is 16.1. The summed E-state index contributed by atoms with van der Waals surface area (Å²) >= 11 is 0. The topological polar surface area (TPSA) is 78.1 Å². The lowest BCUT2D eigenvalue weighted by Crippen LogP contribution is -2.37. The number of aromatic nitrogens is 2. The lowest BCUT2D eigenvalue weighted by Gasteiger charge is -2.16. The molecular weight excluding hydrogens is 352 g/mol. The first-order valence-electron chi connectivity index (χ1n) is 9.71. The van der Waals surface area contributed by atoms with Crippen molar-refractivity contribution < 1.29 is 4.79 Å². The Bertz CT molecular complexity index is 1020. The molecule has 6 heteroatoms. The van der Waals surface area contributed by atoms with Gasteiger partial charge in [-0.25, -0.2) is 4.98 Å². The SMILES string of the molecule is O=C(CCc1nc2ccccc2c(=O)[nH]1)NC1CCN(Cc2ccccc2)C1. The molecule has 0 spiro atoms. The number of aromatic amines is 1. The van der Waals surface area contributed by atoms with E-state index in [2.05, 4.69) is 44.5 Å². The molecule has 2 heterocycles. The van der Waals surface area contributed by atoms with Crippen LogP contribution >= 0.6 is 0 Å². The van der Waals surface area contributed by atoms with Gasteiger partial charge in [-0.2, -0.15) is 0 Å². The van der Waals surface area contributed by atoms with Gasteiger partial charge >= 0.3 is 0 Å². The number of likely N-dealkylation sites (tertiary alicyclic amines) is 1. The number of rotatable bonds is 6. The van der Waals surface area contributed by atoms with Crippen LogP contribution in [0.4, 0.5) is 0 Å². The van der Waals surface area contributed by atoms with Crippen LogP contribution in [0.3, 0.4) is 0 Å². The van der Waals surface area contributed by atoms with Crippen molar-refractivity contribution in [2.45, 2.75) is 31.8 Å². The van der Waals surface area contributed by atoms with Crippen molar-refractivity contribution in [3.8, 4) is 0 Å². The molecule has 3 aromatic rings. The summed E-state index contributed by atoms with van der Waals surface area (Å²) in [4.78, 5) is 34.0. The highest BCUT2D eigenvalue weighted by molar-refractivity contribution is 5.78. The van der Waals surface area contributed by atoms with Crippen molar-refractivity contribution in [1.29, 1.82) is 0 Å². The van der Waals surface area contributed by atoms with Crippen LogP contribution < -0.4 is 10.9 Å². The highest BCUT2D eigenvalue weighted by Crippen LogP contribution is 2.14. The third-order valence-electron chi connectivity index (χ3n) is 5.14. The van der Waals surface area contributed by atoms with Gasteiger partial charge in [-0.05, 0) is 24.1 Å². The van der Waals surface area contributed by atoms with Crippen LogP contribution in [0.2, 0.25) is 0 Å². The summed E-state index contributed by atoms with van der Waals surface area (Å²) in [6, 6.07) is 17.8. The maximum atomic E-state index is 12.3. The highest BCUT2D eigenvalue weighted by Gasteiger charge is 2.23. The Balaban J connectivity index is 1.28. The fourth-order valence-corrected chi connectivity index (χ4v) is 3.72. The molecule has 0 aliphatic carbocycles. The van der Waals surface area contributed by atoms with E-state index >= 15 is 0 Å². The van der Waals surface area contributed by atoms with Gasteiger partial charge in [0, 0.05) is 38.5 Å². The monoisotopic (exact) mass is 376 g/mol. The lowest BCUT2D eigenvalue weighted by atomic mass is 10.2. The molecule has 1 aliphatic rings. The average molecular weight is 376 g/mol. The van der Waals surface area contributed by atoms with Gasteiger partial charge in [0.2, 0.25) is 5.91 Å². The molecule has 1 amide bonds. The fraction of sp³-hybridized carbons (Fsp3) is 0.318. The van der Waals surface area contributed by atoms with Crippen LogP contribution in [0.25, 0.3) is 10.9 Å². The molecule has 1 saturated heterocycles. The third kappa shape index (κ3) is 4.46. The molecule has 0 bridgehead atoms. The number of nitrogens with one attached hydrogen (secondary N) is 2. The van der Waals surface area contributed by atoms with E-state index < -0.39 is 0 Å². The first-order valence-corrected chi connectivity index (χ1v) is 9.71. The average Bonchev–Trinajstić information content (AvgIpc) is 3.14. The normalized spacial score (nSPS) is 17.1. The van der Waals surface area contributed by atoms with E-state index in [1.165, 1.54) is 5.56 Å². The molecule has 0 saturated carbocycles. The Labute approximate surface area is 163 Å². The summed E-state index contributed by atoms with van der Waals surface area (Å²) in [7, 11) is 0. The number of fused-ring (bicyclic) bond motifs is 1. The van der Waals surface area contributed by atoms with E-state index in [4.69, 9.17) is 0 Å². The maximum Gasteiger partial charge on any atom is 0.258 e. The Hall–Kier alpha value is -2.99. The number of amides is 1. The van der Waals surface area contributed by atoms with Gasteiger partial charge in [0.25, 0.3) is 5.56 Å². The smallest absolute Gasteiger partial charge is 0.258 e. The number of aryl methyl sites for hydroxylation is 1. The van der Waals surface area contributed by atoms with Crippen molar-refractivity contribution in [2.24, 2.45) is 0 Å². The first kappa shape index (κ1) is 18.4. The number of benzene rings is 2. The molecular formula is C22H24N4O2. The summed E-state index contributed by atoms with van der Waals surface area (Å²) in [5.41, 5.74) is 1.79. The molecule has 2 N–H and O–H groups in total. The second-order valence-electron chi connectivity index (χ2n) is 7.30. The quantitative estimate of drug-likeness (QED) is 0.692.